The minimum atomic E-state index is 0. The van der Waals surface area contributed by atoms with Gasteiger partial charge in [-0.25, -0.2) is 0 Å². The molecule has 0 heterocycles. The van der Waals surface area contributed by atoms with Crippen molar-refractivity contribution < 1.29 is 16.5 Å². The fourth-order valence-corrected chi connectivity index (χ4v) is 0.700. The molecule has 0 saturated carbocycles. The van der Waals surface area contributed by atoms with Crippen molar-refractivity contribution in [3.63, 3.8) is 0 Å². The Morgan fingerprint density at radius 3 is 2.18 bits per heavy atom. The summed E-state index contributed by atoms with van der Waals surface area (Å²) < 4.78 is 0. The zero-order valence-corrected chi connectivity index (χ0v) is 7.78. The molecule has 0 bridgehead atoms. The van der Waals surface area contributed by atoms with Crippen LogP contribution in [0.3, 0.4) is 0 Å². The van der Waals surface area contributed by atoms with Crippen molar-refractivity contribution in [1.82, 2.24) is 0 Å². The summed E-state index contributed by atoms with van der Waals surface area (Å²) in [6.07, 6.45) is 3.76. The SMILES string of the molecule is C=C[CH-]c1ccccc1.Cl.[Ni]. The van der Waals surface area contributed by atoms with E-state index in [0.29, 0.717) is 0 Å². The number of rotatable bonds is 2. The molecule has 0 unspecified atom stereocenters. The Bertz CT molecular complexity index is 184. The van der Waals surface area contributed by atoms with E-state index in [9.17, 15) is 0 Å². The molecule has 0 aromatic heterocycles. The summed E-state index contributed by atoms with van der Waals surface area (Å²) in [6, 6.07) is 10.1. The first kappa shape index (κ1) is 13.2. The molecule has 0 N–H and O–H groups in total. The maximum atomic E-state index is 3.60. The standard InChI is InChI=1S/C9H9.ClH.Ni/c1-2-6-9-7-4-3-5-8-9;;/h2-8H,1H2;1H;/q-1;;. The summed E-state index contributed by atoms with van der Waals surface area (Å²) in [5, 5.41) is 0. The average molecular weight is 212 g/mol. The van der Waals surface area contributed by atoms with Crippen molar-refractivity contribution in [3.8, 4) is 0 Å². The Morgan fingerprint density at radius 1 is 1.18 bits per heavy atom. The van der Waals surface area contributed by atoms with E-state index in [-0.39, 0.29) is 28.9 Å². The first-order valence-electron chi connectivity index (χ1n) is 2.94. The van der Waals surface area contributed by atoms with Crippen LogP contribution in [0.5, 0.6) is 0 Å². The smallest absolute Gasteiger partial charge is 0 e. The third-order valence-electron chi connectivity index (χ3n) is 1.11. The molecule has 0 nitrogen and oxygen atoms in total. The minimum absolute atomic E-state index is 0. The maximum Gasteiger partial charge on any atom is 0 e. The van der Waals surface area contributed by atoms with E-state index >= 15 is 0 Å². The van der Waals surface area contributed by atoms with Crippen molar-refractivity contribution in [3.05, 3.63) is 55.0 Å². The summed E-state index contributed by atoms with van der Waals surface area (Å²) in [4.78, 5) is 0. The van der Waals surface area contributed by atoms with Gasteiger partial charge in [0.05, 0.1) is 0 Å². The summed E-state index contributed by atoms with van der Waals surface area (Å²) in [7, 11) is 0. The first-order valence-corrected chi connectivity index (χ1v) is 2.94. The molecule has 0 atom stereocenters. The van der Waals surface area contributed by atoms with Crippen LogP contribution in [-0.4, -0.2) is 0 Å². The quantitative estimate of drug-likeness (QED) is 0.522. The zero-order chi connectivity index (χ0) is 6.53. The van der Waals surface area contributed by atoms with E-state index in [1.807, 2.05) is 36.8 Å². The Morgan fingerprint density at radius 2 is 1.73 bits per heavy atom. The van der Waals surface area contributed by atoms with E-state index in [1.165, 1.54) is 5.56 Å². The molecule has 1 aromatic carbocycles. The topological polar surface area (TPSA) is 0 Å². The molecular formula is C9H10ClNi-. The second-order valence-corrected chi connectivity index (χ2v) is 1.81. The molecule has 0 aliphatic heterocycles. The van der Waals surface area contributed by atoms with Gasteiger partial charge in [0.1, 0.15) is 0 Å². The van der Waals surface area contributed by atoms with Crippen LogP contribution in [0, 0.1) is 6.42 Å². The van der Waals surface area contributed by atoms with Crippen molar-refractivity contribution in [2.24, 2.45) is 0 Å². The van der Waals surface area contributed by atoms with E-state index in [0.717, 1.165) is 0 Å². The van der Waals surface area contributed by atoms with E-state index in [1.54, 1.807) is 6.08 Å². The van der Waals surface area contributed by atoms with Crippen molar-refractivity contribution in [2.45, 2.75) is 0 Å². The van der Waals surface area contributed by atoms with Gasteiger partial charge >= 0.3 is 0 Å². The zero-order valence-electron chi connectivity index (χ0n) is 5.97. The van der Waals surface area contributed by atoms with Crippen LogP contribution in [0.15, 0.2) is 43.0 Å². The van der Waals surface area contributed by atoms with Crippen molar-refractivity contribution >= 4 is 12.4 Å². The van der Waals surface area contributed by atoms with E-state index < -0.39 is 0 Å². The van der Waals surface area contributed by atoms with Crippen LogP contribution >= 0.6 is 12.4 Å². The molecule has 0 spiro atoms. The molecule has 0 amide bonds. The van der Waals surface area contributed by atoms with Gasteiger partial charge in [0, 0.05) is 16.5 Å². The van der Waals surface area contributed by atoms with Gasteiger partial charge < -0.3 is 0 Å². The molecule has 0 radical (unpaired) electrons. The third kappa shape index (κ3) is 4.95. The second-order valence-electron chi connectivity index (χ2n) is 1.81. The van der Waals surface area contributed by atoms with E-state index in [4.69, 9.17) is 0 Å². The monoisotopic (exact) mass is 211 g/mol. The average Bonchev–Trinajstić information content (AvgIpc) is 1.91. The largest absolute Gasteiger partial charge is 0.169 e. The summed E-state index contributed by atoms with van der Waals surface area (Å²) in [6.45, 7) is 3.60. The Labute approximate surface area is 84.0 Å². The predicted octanol–water partition coefficient (Wildman–Crippen LogP) is 2.84. The number of hydrogen-bond donors (Lipinski definition) is 0. The molecular weight excluding hydrogens is 202 g/mol. The molecule has 1 aromatic rings. The van der Waals surface area contributed by atoms with Gasteiger partial charge in [0.2, 0.25) is 0 Å². The van der Waals surface area contributed by atoms with Gasteiger partial charge in [0.15, 0.2) is 0 Å². The van der Waals surface area contributed by atoms with Crippen molar-refractivity contribution in [1.29, 1.82) is 0 Å². The Balaban J connectivity index is 0. The van der Waals surface area contributed by atoms with Crippen LogP contribution in [0.25, 0.3) is 0 Å². The Hall–Kier alpha value is -0.386. The molecule has 0 aliphatic rings. The predicted molar refractivity (Wildman–Crippen MR) is 47.3 cm³/mol. The fraction of sp³-hybridized carbons (Fsp3) is 0. The van der Waals surface area contributed by atoms with Gasteiger partial charge in [-0.2, -0.15) is 12.7 Å². The molecule has 0 fully saturated rings. The summed E-state index contributed by atoms with van der Waals surface area (Å²) in [5.41, 5.74) is 1.20. The number of halogens is 1. The summed E-state index contributed by atoms with van der Waals surface area (Å²) >= 11 is 0. The molecule has 64 valence electrons. The number of allylic oxidation sites excluding steroid dienone is 1. The van der Waals surface area contributed by atoms with Crippen LogP contribution in [0.2, 0.25) is 0 Å². The van der Waals surface area contributed by atoms with Gasteiger partial charge in [0.25, 0.3) is 0 Å². The van der Waals surface area contributed by atoms with Crippen LogP contribution in [0.1, 0.15) is 5.56 Å². The molecule has 2 heteroatoms. The molecule has 1 rings (SSSR count). The van der Waals surface area contributed by atoms with Gasteiger partial charge in [-0.1, -0.05) is 6.07 Å². The maximum absolute atomic E-state index is 3.60. The fourth-order valence-electron chi connectivity index (χ4n) is 0.700. The van der Waals surface area contributed by atoms with Gasteiger partial charge in [-0.05, 0) is 0 Å². The molecule has 0 aliphatic carbocycles. The van der Waals surface area contributed by atoms with Crippen LogP contribution < -0.4 is 0 Å². The van der Waals surface area contributed by atoms with Crippen LogP contribution in [0.4, 0.5) is 0 Å². The Kier molecular flexibility index (Phi) is 9.28. The molecule has 11 heavy (non-hydrogen) atoms. The minimum Gasteiger partial charge on any atom is -0.169 e. The van der Waals surface area contributed by atoms with Crippen LogP contribution in [-0.2, 0) is 16.5 Å². The summed E-state index contributed by atoms with van der Waals surface area (Å²) in [5.74, 6) is 0. The van der Waals surface area contributed by atoms with Gasteiger partial charge in [-0.15, -0.1) is 48.7 Å². The van der Waals surface area contributed by atoms with Crippen molar-refractivity contribution in [2.75, 3.05) is 0 Å². The normalized spacial score (nSPS) is 6.91. The first-order chi connectivity index (χ1) is 4.43. The van der Waals surface area contributed by atoms with E-state index in [2.05, 4.69) is 6.58 Å². The van der Waals surface area contributed by atoms with Gasteiger partial charge in [-0.3, -0.25) is 0 Å². The third-order valence-corrected chi connectivity index (χ3v) is 1.11. The number of hydrogen-bond acceptors (Lipinski definition) is 0. The number of benzene rings is 1. The molecule has 0 saturated heterocycles. The second kappa shape index (κ2) is 7.72.